The molecule has 0 saturated heterocycles. The average Bonchev–Trinajstić information content (AvgIpc) is 2.49. The van der Waals surface area contributed by atoms with Crippen LogP contribution < -0.4 is 5.32 Å². The van der Waals surface area contributed by atoms with Crippen molar-refractivity contribution < 1.29 is 0 Å². The van der Waals surface area contributed by atoms with Gasteiger partial charge >= 0.3 is 0 Å². The van der Waals surface area contributed by atoms with E-state index in [9.17, 15) is 0 Å². The van der Waals surface area contributed by atoms with Gasteiger partial charge in [-0.3, -0.25) is 4.68 Å². The maximum absolute atomic E-state index is 4.30. The van der Waals surface area contributed by atoms with E-state index in [-0.39, 0.29) is 0 Å². The van der Waals surface area contributed by atoms with E-state index in [0.29, 0.717) is 4.75 Å². The van der Waals surface area contributed by atoms with E-state index in [1.54, 1.807) is 0 Å². The molecule has 0 atom stereocenters. The largest absolute Gasteiger partial charge is 0.310 e. The van der Waals surface area contributed by atoms with E-state index in [0.717, 1.165) is 24.5 Å². The van der Waals surface area contributed by atoms with E-state index in [2.05, 4.69) is 31.2 Å². The lowest BCUT2D eigenvalue weighted by Crippen LogP contribution is -2.19. The maximum Gasteiger partial charge on any atom is 0.0762 e. The fraction of sp³-hybridized carbons (Fsp3) is 0.727. The zero-order valence-corrected chi connectivity index (χ0v) is 10.9. The zero-order chi connectivity index (χ0) is 11.3. The monoisotopic (exact) mass is 227 g/mol. The van der Waals surface area contributed by atoms with Gasteiger partial charge in [-0.05, 0) is 6.07 Å². The molecule has 1 aromatic heterocycles. The molecule has 0 unspecified atom stereocenters. The van der Waals surface area contributed by atoms with Crippen LogP contribution in [0.3, 0.4) is 0 Å². The van der Waals surface area contributed by atoms with Crippen molar-refractivity contribution in [1.29, 1.82) is 0 Å². The van der Waals surface area contributed by atoms with Crippen molar-refractivity contribution in [2.45, 2.75) is 32.1 Å². The summed E-state index contributed by atoms with van der Waals surface area (Å²) in [5, 5.41) is 7.70. The Balaban J connectivity index is 2.07. The van der Waals surface area contributed by atoms with Gasteiger partial charge in [-0.15, -0.1) is 0 Å². The summed E-state index contributed by atoms with van der Waals surface area (Å²) in [6.07, 6.45) is 1.97. The predicted molar refractivity (Wildman–Crippen MR) is 67.1 cm³/mol. The Morgan fingerprint density at radius 3 is 2.73 bits per heavy atom. The fourth-order valence-electron chi connectivity index (χ4n) is 1.20. The molecule has 0 radical (unpaired) electrons. The molecule has 3 nitrogen and oxygen atoms in total. The number of hydrogen-bond donors (Lipinski definition) is 1. The van der Waals surface area contributed by atoms with Crippen LogP contribution in [0, 0.1) is 0 Å². The molecule has 0 aliphatic heterocycles. The van der Waals surface area contributed by atoms with Crippen molar-refractivity contribution in [3.05, 3.63) is 18.0 Å². The van der Waals surface area contributed by atoms with Crippen molar-refractivity contribution in [2.24, 2.45) is 7.05 Å². The summed E-state index contributed by atoms with van der Waals surface area (Å²) in [5.41, 5.74) is 1.11. The highest BCUT2D eigenvalue weighted by Crippen LogP contribution is 2.21. The van der Waals surface area contributed by atoms with Crippen molar-refractivity contribution in [2.75, 3.05) is 12.3 Å². The van der Waals surface area contributed by atoms with E-state index in [1.807, 2.05) is 35.8 Å². The number of hydrogen-bond acceptors (Lipinski definition) is 3. The number of aryl methyl sites for hydroxylation is 1. The first kappa shape index (κ1) is 12.6. The molecule has 0 spiro atoms. The Bertz CT molecular complexity index is 288. The summed E-state index contributed by atoms with van der Waals surface area (Å²) in [5.74, 6) is 1.15. The summed E-state index contributed by atoms with van der Waals surface area (Å²) in [6.45, 7) is 8.65. The van der Waals surface area contributed by atoms with Crippen molar-refractivity contribution in [3.8, 4) is 0 Å². The Labute approximate surface area is 96.6 Å². The normalized spacial score (nSPS) is 12.0. The highest BCUT2D eigenvalue weighted by Gasteiger charge is 2.09. The number of rotatable bonds is 5. The quantitative estimate of drug-likeness (QED) is 0.781. The van der Waals surface area contributed by atoms with Crippen LogP contribution in [0.15, 0.2) is 12.3 Å². The fourth-order valence-corrected chi connectivity index (χ4v) is 2.06. The molecule has 0 bridgehead atoms. The van der Waals surface area contributed by atoms with E-state index < -0.39 is 0 Å². The van der Waals surface area contributed by atoms with Gasteiger partial charge in [0.25, 0.3) is 0 Å². The van der Waals surface area contributed by atoms with E-state index in [1.165, 1.54) is 0 Å². The molecular formula is C11H21N3S. The molecule has 0 aliphatic carbocycles. The molecule has 0 aromatic carbocycles. The highest BCUT2D eigenvalue weighted by atomic mass is 32.2. The third kappa shape index (κ3) is 5.85. The van der Waals surface area contributed by atoms with E-state index in [4.69, 9.17) is 0 Å². The van der Waals surface area contributed by atoms with Crippen LogP contribution in [0.4, 0.5) is 0 Å². The molecule has 1 aromatic rings. The Morgan fingerprint density at radius 1 is 1.47 bits per heavy atom. The number of nitrogens with zero attached hydrogens (tertiary/aromatic N) is 2. The lowest BCUT2D eigenvalue weighted by atomic mass is 10.3. The number of nitrogens with one attached hydrogen (secondary N) is 1. The van der Waals surface area contributed by atoms with Gasteiger partial charge in [0, 0.05) is 36.8 Å². The van der Waals surface area contributed by atoms with Gasteiger partial charge in [0.2, 0.25) is 0 Å². The van der Waals surface area contributed by atoms with E-state index >= 15 is 0 Å². The van der Waals surface area contributed by atoms with Crippen molar-refractivity contribution >= 4 is 11.8 Å². The third-order valence-corrected chi connectivity index (χ3v) is 3.16. The smallest absolute Gasteiger partial charge is 0.0762 e. The summed E-state index contributed by atoms with van der Waals surface area (Å²) >= 11 is 1.99. The van der Waals surface area contributed by atoms with Gasteiger partial charge in [-0.2, -0.15) is 16.9 Å². The molecule has 1 N–H and O–H groups in total. The summed E-state index contributed by atoms with van der Waals surface area (Å²) in [6, 6.07) is 2.05. The van der Waals surface area contributed by atoms with Gasteiger partial charge in [0.15, 0.2) is 0 Å². The van der Waals surface area contributed by atoms with Gasteiger partial charge in [-0.25, -0.2) is 0 Å². The van der Waals surface area contributed by atoms with Crippen LogP contribution in [0.1, 0.15) is 26.5 Å². The lowest BCUT2D eigenvalue weighted by Gasteiger charge is -2.17. The minimum absolute atomic E-state index is 0.368. The molecule has 0 amide bonds. The average molecular weight is 227 g/mol. The first-order valence-corrected chi connectivity index (χ1v) is 6.29. The number of aromatic nitrogens is 2. The van der Waals surface area contributed by atoms with Crippen LogP contribution >= 0.6 is 11.8 Å². The van der Waals surface area contributed by atoms with Gasteiger partial charge in [-0.1, -0.05) is 20.8 Å². The molecular weight excluding hydrogens is 206 g/mol. The van der Waals surface area contributed by atoms with Crippen LogP contribution in [0.25, 0.3) is 0 Å². The summed E-state index contributed by atoms with van der Waals surface area (Å²) in [7, 11) is 1.94. The zero-order valence-electron chi connectivity index (χ0n) is 10.1. The Morgan fingerprint density at radius 2 is 2.20 bits per heavy atom. The second-order valence-electron chi connectivity index (χ2n) is 4.62. The van der Waals surface area contributed by atoms with Gasteiger partial charge in [0.1, 0.15) is 0 Å². The molecule has 0 aliphatic rings. The van der Waals surface area contributed by atoms with Gasteiger partial charge < -0.3 is 5.32 Å². The van der Waals surface area contributed by atoms with Crippen LogP contribution in [0.5, 0.6) is 0 Å². The molecule has 1 rings (SSSR count). The lowest BCUT2D eigenvalue weighted by molar-refractivity contribution is 0.678. The maximum atomic E-state index is 4.30. The predicted octanol–water partition coefficient (Wildman–Crippen LogP) is 2.04. The number of thioether (sulfide) groups is 1. The Hall–Kier alpha value is -0.480. The first-order chi connectivity index (χ1) is 6.97. The van der Waals surface area contributed by atoms with Gasteiger partial charge in [0.05, 0.1) is 5.69 Å². The minimum atomic E-state index is 0.368. The SMILES string of the molecule is Cn1ccc(CNCCSC(C)(C)C)n1. The van der Waals surface area contributed by atoms with Crippen LogP contribution in [-0.2, 0) is 13.6 Å². The summed E-state index contributed by atoms with van der Waals surface area (Å²) in [4.78, 5) is 0. The van der Waals surface area contributed by atoms with Crippen molar-refractivity contribution in [3.63, 3.8) is 0 Å². The van der Waals surface area contributed by atoms with Crippen LogP contribution in [-0.4, -0.2) is 26.8 Å². The second-order valence-corrected chi connectivity index (χ2v) is 6.54. The van der Waals surface area contributed by atoms with Crippen LogP contribution in [0.2, 0.25) is 0 Å². The molecule has 4 heteroatoms. The molecule has 86 valence electrons. The molecule has 0 fully saturated rings. The molecule has 15 heavy (non-hydrogen) atoms. The highest BCUT2D eigenvalue weighted by molar-refractivity contribution is 8.00. The summed E-state index contributed by atoms with van der Waals surface area (Å²) < 4.78 is 2.20. The molecule has 0 saturated carbocycles. The molecule has 1 heterocycles. The Kier molecular flexibility index (Phi) is 4.67. The topological polar surface area (TPSA) is 29.9 Å². The van der Waals surface area contributed by atoms with Crippen molar-refractivity contribution in [1.82, 2.24) is 15.1 Å². The first-order valence-electron chi connectivity index (χ1n) is 5.30. The minimum Gasteiger partial charge on any atom is -0.310 e. The third-order valence-electron chi connectivity index (χ3n) is 1.89. The second kappa shape index (κ2) is 5.56. The standard InChI is InChI=1S/C11H21N3S/c1-11(2,3)15-8-6-12-9-10-5-7-14(4)13-10/h5,7,12H,6,8-9H2,1-4H3.